The van der Waals surface area contributed by atoms with E-state index in [1.54, 1.807) is 7.11 Å². The van der Waals surface area contributed by atoms with E-state index < -0.39 is 0 Å². The third-order valence-electron chi connectivity index (χ3n) is 4.12. The van der Waals surface area contributed by atoms with Crippen LogP contribution < -0.4 is 5.32 Å². The number of ether oxygens (including phenoxy) is 3. The molecule has 0 radical (unpaired) electrons. The summed E-state index contributed by atoms with van der Waals surface area (Å²) in [4.78, 5) is 0. The van der Waals surface area contributed by atoms with E-state index in [0.717, 1.165) is 26.2 Å². The van der Waals surface area contributed by atoms with Gasteiger partial charge in [-0.05, 0) is 25.7 Å². The lowest BCUT2D eigenvalue weighted by molar-refractivity contribution is -0.0840. The van der Waals surface area contributed by atoms with Crippen molar-refractivity contribution in [3.8, 4) is 0 Å². The summed E-state index contributed by atoms with van der Waals surface area (Å²) in [6.45, 7) is 4.00. The normalized spacial score (nSPS) is 26.8. The molecule has 1 saturated heterocycles. The molecule has 1 atom stereocenters. The zero-order chi connectivity index (χ0) is 12.7. The summed E-state index contributed by atoms with van der Waals surface area (Å²) in [6.07, 6.45) is 7.52. The van der Waals surface area contributed by atoms with Crippen LogP contribution in [0.15, 0.2) is 0 Å². The Hall–Kier alpha value is -0.160. The minimum Gasteiger partial charge on any atom is -0.382 e. The first-order chi connectivity index (χ1) is 8.85. The molecule has 0 aromatic carbocycles. The van der Waals surface area contributed by atoms with Crippen molar-refractivity contribution in [2.45, 2.75) is 50.2 Å². The topological polar surface area (TPSA) is 39.7 Å². The average molecular weight is 257 g/mol. The molecule has 0 aromatic rings. The summed E-state index contributed by atoms with van der Waals surface area (Å²) in [5.41, 5.74) is 0.215. The SMILES string of the molecule is COCCOCCNC1CCOC2(CCCC2)C1. The van der Waals surface area contributed by atoms with E-state index in [9.17, 15) is 0 Å². The fraction of sp³-hybridized carbons (Fsp3) is 1.00. The zero-order valence-electron chi connectivity index (χ0n) is 11.6. The van der Waals surface area contributed by atoms with E-state index in [1.165, 1.54) is 32.1 Å². The molecule has 18 heavy (non-hydrogen) atoms. The Bertz CT molecular complexity index is 229. The number of hydrogen-bond donors (Lipinski definition) is 1. The van der Waals surface area contributed by atoms with Crippen LogP contribution in [-0.4, -0.2) is 51.7 Å². The van der Waals surface area contributed by atoms with Crippen molar-refractivity contribution in [2.75, 3.05) is 40.1 Å². The lowest BCUT2D eigenvalue weighted by Gasteiger charge is -2.38. The molecule has 1 aliphatic carbocycles. The number of methoxy groups -OCH3 is 1. The van der Waals surface area contributed by atoms with Crippen LogP contribution in [0.25, 0.3) is 0 Å². The molecule has 1 heterocycles. The highest BCUT2D eigenvalue weighted by atomic mass is 16.5. The van der Waals surface area contributed by atoms with Gasteiger partial charge in [-0.25, -0.2) is 0 Å². The molecular formula is C14H27NO3. The monoisotopic (exact) mass is 257 g/mol. The second kappa shape index (κ2) is 7.43. The molecule has 2 aliphatic rings. The molecule has 2 fully saturated rings. The van der Waals surface area contributed by atoms with Gasteiger partial charge in [0.2, 0.25) is 0 Å². The van der Waals surface area contributed by atoms with Gasteiger partial charge in [-0.3, -0.25) is 0 Å². The van der Waals surface area contributed by atoms with Gasteiger partial charge >= 0.3 is 0 Å². The molecule has 1 N–H and O–H groups in total. The van der Waals surface area contributed by atoms with Crippen LogP contribution in [0.2, 0.25) is 0 Å². The van der Waals surface area contributed by atoms with Crippen molar-refractivity contribution >= 4 is 0 Å². The van der Waals surface area contributed by atoms with Crippen LogP contribution in [0.5, 0.6) is 0 Å². The standard InChI is InChI=1S/C14H27NO3/c1-16-10-11-17-9-7-15-13-4-8-18-14(12-13)5-2-3-6-14/h13,15H,2-12H2,1H3. The van der Waals surface area contributed by atoms with E-state index in [1.807, 2.05) is 0 Å². The first-order valence-electron chi connectivity index (χ1n) is 7.29. The van der Waals surface area contributed by atoms with Crippen LogP contribution in [0, 0.1) is 0 Å². The molecule has 0 amide bonds. The predicted molar refractivity (Wildman–Crippen MR) is 70.9 cm³/mol. The molecule has 0 aromatic heterocycles. The maximum atomic E-state index is 6.03. The quantitative estimate of drug-likeness (QED) is 0.705. The van der Waals surface area contributed by atoms with Gasteiger partial charge < -0.3 is 19.5 Å². The third-order valence-corrected chi connectivity index (χ3v) is 4.12. The maximum Gasteiger partial charge on any atom is 0.0700 e. The first kappa shape index (κ1) is 14.3. The summed E-state index contributed by atoms with van der Waals surface area (Å²) in [5.74, 6) is 0. The molecule has 1 unspecified atom stereocenters. The van der Waals surface area contributed by atoms with Crippen molar-refractivity contribution in [3.05, 3.63) is 0 Å². The molecule has 0 bridgehead atoms. The summed E-state index contributed by atoms with van der Waals surface area (Å²) < 4.78 is 16.4. The van der Waals surface area contributed by atoms with Crippen molar-refractivity contribution in [2.24, 2.45) is 0 Å². The lowest BCUT2D eigenvalue weighted by Crippen LogP contribution is -2.46. The first-order valence-corrected chi connectivity index (χ1v) is 7.29. The summed E-state index contributed by atoms with van der Waals surface area (Å²) in [7, 11) is 1.70. The molecule has 1 saturated carbocycles. The second-order valence-electron chi connectivity index (χ2n) is 5.49. The Kier molecular flexibility index (Phi) is 5.89. The molecule has 2 rings (SSSR count). The Balaban J connectivity index is 1.58. The van der Waals surface area contributed by atoms with Crippen molar-refractivity contribution in [1.29, 1.82) is 0 Å². The maximum absolute atomic E-state index is 6.03. The van der Waals surface area contributed by atoms with Gasteiger partial charge in [0.15, 0.2) is 0 Å². The Morgan fingerprint density at radius 2 is 2.06 bits per heavy atom. The van der Waals surface area contributed by atoms with Crippen LogP contribution >= 0.6 is 0 Å². The summed E-state index contributed by atoms with van der Waals surface area (Å²) >= 11 is 0. The summed E-state index contributed by atoms with van der Waals surface area (Å²) in [6, 6.07) is 0.614. The fourth-order valence-corrected chi connectivity index (χ4v) is 3.15. The van der Waals surface area contributed by atoms with Crippen molar-refractivity contribution in [1.82, 2.24) is 5.32 Å². The van der Waals surface area contributed by atoms with Gasteiger partial charge in [0.1, 0.15) is 0 Å². The molecule has 1 spiro atoms. The molecule has 4 nitrogen and oxygen atoms in total. The molecule has 1 aliphatic heterocycles. The van der Waals surface area contributed by atoms with E-state index in [4.69, 9.17) is 14.2 Å². The highest BCUT2D eigenvalue weighted by Crippen LogP contribution is 2.39. The van der Waals surface area contributed by atoms with Gasteiger partial charge in [0.25, 0.3) is 0 Å². The number of nitrogens with one attached hydrogen (secondary N) is 1. The third kappa shape index (κ3) is 4.19. The van der Waals surface area contributed by atoms with Gasteiger partial charge in [0.05, 0.1) is 25.4 Å². The van der Waals surface area contributed by atoms with Gasteiger partial charge in [-0.2, -0.15) is 0 Å². The average Bonchev–Trinajstić information content (AvgIpc) is 2.82. The minimum atomic E-state index is 0.215. The Labute approximate surface area is 110 Å². The fourth-order valence-electron chi connectivity index (χ4n) is 3.15. The van der Waals surface area contributed by atoms with E-state index >= 15 is 0 Å². The van der Waals surface area contributed by atoms with Gasteiger partial charge in [-0.1, -0.05) is 12.8 Å². The minimum absolute atomic E-state index is 0.215. The zero-order valence-corrected chi connectivity index (χ0v) is 11.6. The number of rotatable bonds is 7. The van der Waals surface area contributed by atoms with E-state index in [-0.39, 0.29) is 5.60 Å². The Morgan fingerprint density at radius 1 is 1.22 bits per heavy atom. The number of hydrogen-bond acceptors (Lipinski definition) is 4. The summed E-state index contributed by atoms with van der Waals surface area (Å²) in [5, 5.41) is 3.60. The smallest absolute Gasteiger partial charge is 0.0700 e. The molecule has 106 valence electrons. The van der Waals surface area contributed by atoms with Crippen LogP contribution in [0.4, 0.5) is 0 Å². The van der Waals surface area contributed by atoms with Crippen molar-refractivity contribution in [3.63, 3.8) is 0 Å². The van der Waals surface area contributed by atoms with E-state index in [0.29, 0.717) is 19.3 Å². The largest absolute Gasteiger partial charge is 0.382 e. The van der Waals surface area contributed by atoms with Crippen LogP contribution in [0.3, 0.4) is 0 Å². The highest BCUT2D eigenvalue weighted by Gasteiger charge is 2.39. The molecular weight excluding hydrogens is 230 g/mol. The van der Waals surface area contributed by atoms with Crippen molar-refractivity contribution < 1.29 is 14.2 Å². The predicted octanol–water partition coefficient (Wildman–Crippen LogP) is 1.73. The van der Waals surface area contributed by atoms with Gasteiger partial charge in [0, 0.05) is 26.3 Å². The van der Waals surface area contributed by atoms with E-state index in [2.05, 4.69) is 5.32 Å². The second-order valence-corrected chi connectivity index (χ2v) is 5.49. The lowest BCUT2D eigenvalue weighted by atomic mass is 9.89. The van der Waals surface area contributed by atoms with Crippen LogP contribution in [0.1, 0.15) is 38.5 Å². The van der Waals surface area contributed by atoms with Crippen LogP contribution in [-0.2, 0) is 14.2 Å². The molecule has 4 heteroatoms. The Morgan fingerprint density at radius 3 is 2.83 bits per heavy atom. The van der Waals surface area contributed by atoms with Gasteiger partial charge in [-0.15, -0.1) is 0 Å². The highest BCUT2D eigenvalue weighted by molar-refractivity contribution is 4.93.